The lowest BCUT2D eigenvalue weighted by Crippen LogP contribution is -2.37. The number of H-pyrrole nitrogens is 1. The smallest absolute Gasteiger partial charge is 0.266 e. The van der Waals surface area contributed by atoms with Gasteiger partial charge in [0, 0.05) is 11.1 Å². The number of sulfone groups is 1. The van der Waals surface area contributed by atoms with E-state index < -0.39 is 26.4 Å². The average molecular weight is 369 g/mol. The Morgan fingerprint density at radius 3 is 2.38 bits per heavy atom. The Morgan fingerprint density at radius 1 is 1.25 bits per heavy atom. The number of rotatable bonds is 5. The molecular formula is C14H13ClN4O4S. The van der Waals surface area contributed by atoms with Crippen molar-refractivity contribution in [3.8, 4) is 0 Å². The lowest BCUT2D eigenvalue weighted by atomic mass is 10.3. The molecule has 1 fully saturated rings. The van der Waals surface area contributed by atoms with E-state index in [4.69, 9.17) is 17.3 Å². The molecular weight excluding hydrogens is 356 g/mol. The monoisotopic (exact) mass is 368 g/mol. The summed E-state index contributed by atoms with van der Waals surface area (Å²) >= 11 is 5.77. The second-order valence-electron chi connectivity index (χ2n) is 5.44. The Hall–Kier alpha value is -2.39. The summed E-state index contributed by atoms with van der Waals surface area (Å²) in [5.74, 6) is -1.40. The summed E-state index contributed by atoms with van der Waals surface area (Å²) in [7, 11) is -3.87. The summed E-state index contributed by atoms with van der Waals surface area (Å²) in [6.07, 6.45) is 0.411. The third-order valence-corrected chi connectivity index (χ3v) is 6.61. The fourth-order valence-corrected chi connectivity index (χ4v) is 4.32. The van der Waals surface area contributed by atoms with Crippen molar-refractivity contribution in [1.29, 1.82) is 0 Å². The summed E-state index contributed by atoms with van der Waals surface area (Å²) < 4.78 is 24.0. The van der Waals surface area contributed by atoms with Crippen LogP contribution in [-0.2, 0) is 14.6 Å². The van der Waals surface area contributed by atoms with Crippen molar-refractivity contribution in [3.63, 3.8) is 0 Å². The first-order valence-electron chi connectivity index (χ1n) is 6.93. The molecule has 2 amide bonds. The molecule has 0 spiro atoms. The van der Waals surface area contributed by atoms with Crippen LogP contribution in [0.1, 0.15) is 23.3 Å². The zero-order valence-electron chi connectivity index (χ0n) is 12.2. The highest BCUT2D eigenvalue weighted by atomic mass is 35.5. The molecule has 10 heteroatoms. The summed E-state index contributed by atoms with van der Waals surface area (Å²) in [5, 5.41) is 8.89. The summed E-state index contributed by atoms with van der Waals surface area (Å²) in [6.45, 7) is 0. The fraction of sp³-hybridized carbons (Fsp3) is 0.214. The number of carbonyl (C=O) groups excluding carboxylic acids is 2. The first kappa shape index (κ1) is 16.5. The van der Waals surface area contributed by atoms with Gasteiger partial charge in [0.1, 0.15) is 5.69 Å². The number of nitrogens with zero attached hydrogens (tertiary/aromatic N) is 1. The van der Waals surface area contributed by atoms with Crippen LogP contribution in [0, 0.1) is 0 Å². The first-order chi connectivity index (χ1) is 11.3. The molecule has 2 aromatic rings. The van der Waals surface area contributed by atoms with Crippen LogP contribution in [0.15, 0.2) is 35.2 Å². The SMILES string of the molecule is NC(=O)c1cc(NC(=O)C2(S(=O)(=O)c3ccc(Cl)cc3)CC2)n[nH]1. The van der Waals surface area contributed by atoms with E-state index in [0.29, 0.717) is 5.02 Å². The predicted molar refractivity (Wildman–Crippen MR) is 86.3 cm³/mol. The van der Waals surface area contributed by atoms with Crippen LogP contribution in [0.25, 0.3) is 0 Å². The molecule has 1 aromatic carbocycles. The van der Waals surface area contributed by atoms with Gasteiger partial charge in [-0.2, -0.15) is 5.10 Å². The highest BCUT2D eigenvalue weighted by Gasteiger charge is 2.61. The van der Waals surface area contributed by atoms with Crippen molar-refractivity contribution in [1.82, 2.24) is 10.2 Å². The van der Waals surface area contributed by atoms with E-state index in [9.17, 15) is 18.0 Å². The number of hydrogen-bond acceptors (Lipinski definition) is 5. The van der Waals surface area contributed by atoms with E-state index in [1.165, 1.54) is 30.3 Å². The van der Waals surface area contributed by atoms with Crippen LogP contribution in [0.3, 0.4) is 0 Å². The fourth-order valence-electron chi connectivity index (χ4n) is 2.31. The molecule has 126 valence electrons. The zero-order valence-corrected chi connectivity index (χ0v) is 13.8. The molecule has 0 aliphatic heterocycles. The molecule has 4 N–H and O–H groups in total. The number of carbonyl (C=O) groups is 2. The van der Waals surface area contributed by atoms with Gasteiger partial charge in [-0.3, -0.25) is 14.7 Å². The van der Waals surface area contributed by atoms with Crippen molar-refractivity contribution in [3.05, 3.63) is 41.0 Å². The minimum absolute atomic E-state index is 0.00991. The van der Waals surface area contributed by atoms with Crippen LogP contribution in [0.5, 0.6) is 0 Å². The maximum atomic E-state index is 12.8. The molecule has 1 aliphatic rings. The second kappa shape index (κ2) is 5.60. The highest BCUT2D eigenvalue weighted by Crippen LogP contribution is 2.47. The first-order valence-corrected chi connectivity index (χ1v) is 8.79. The van der Waals surface area contributed by atoms with E-state index >= 15 is 0 Å². The van der Waals surface area contributed by atoms with Gasteiger partial charge >= 0.3 is 0 Å². The molecule has 1 aliphatic carbocycles. The van der Waals surface area contributed by atoms with Gasteiger partial charge < -0.3 is 11.1 Å². The van der Waals surface area contributed by atoms with Gasteiger partial charge in [0.15, 0.2) is 20.4 Å². The lowest BCUT2D eigenvalue weighted by Gasteiger charge is -2.15. The highest BCUT2D eigenvalue weighted by molar-refractivity contribution is 7.94. The second-order valence-corrected chi connectivity index (χ2v) is 8.13. The Kier molecular flexibility index (Phi) is 3.84. The predicted octanol–water partition coefficient (Wildman–Crippen LogP) is 1.11. The number of aromatic nitrogens is 2. The molecule has 0 bridgehead atoms. The molecule has 1 heterocycles. The number of primary amides is 1. The summed E-state index contributed by atoms with van der Waals surface area (Å²) in [5.41, 5.74) is 5.09. The van der Waals surface area contributed by atoms with Crippen molar-refractivity contribution in [2.45, 2.75) is 22.5 Å². The minimum Gasteiger partial charge on any atom is -0.364 e. The third kappa shape index (κ3) is 2.65. The number of nitrogens with one attached hydrogen (secondary N) is 2. The third-order valence-electron chi connectivity index (χ3n) is 3.84. The number of halogens is 1. The van der Waals surface area contributed by atoms with Gasteiger partial charge in [-0.15, -0.1) is 0 Å². The molecule has 1 saturated carbocycles. The summed E-state index contributed by atoms with van der Waals surface area (Å²) in [4.78, 5) is 23.5. The average Bonchev–Trinajstić information content (AvgIpc) is 3.23. The minimum atomic E-state index is -3.87. The van der Waals surface area contributed by atoms with Crippen LogP contribution in [0.4, 0.5) is 5.82 Å². The van der Waals surface area contributed by atoms with Gasteiger partial charge in [-0.05, 0) is 37.1 Å². The number of anilines is 1. The van der Waals surface area contributed by atoms with E-state index in [0.717, 1.165) is 0 Å². The zero-order chi connectivity index (χ0) is 17.5. The van der Waals surface area contributed by atoms with Gasteiger partial charge in [0.05, 0.1) is 4.90 Å². The Balaban J connectivity index is 1.85. The van der Waals surface area contributed by atoms with Gasteiger partial charge in [-0.25, -0.2) is 8.42 Å². The van der Waals surface area contributed by atoms with Crippen molar-refractivity contribution in [2.75, 3.05) is 5.32 Å². The summed E-state index contributed by atoms with van der Waals surface area (Å²) in [6, 6.07) is 6.88. The largest absolute Gasteiger partial charge is 0.364 e. The Morgan fingerprint density at radius 2 is 1.88 bits per heavy atom. The maximum absolute atomic E-state index is 12.8. The topological polar surface area (TPSA) is 135 Å². The molecule has 8 nitrogen and oxygen atoms in total. The van der Waals surface area contributed by atoms with E-state index in [-0.39, 0.29) is 29.2 Å². The molecule has 1 aromatic heterocycles. The van der Waals surface area contributed by atoms with Crippen molar-refractivity contribution in [2.24, 2.45) is 5.73 Å². The number of hydrogen-bond donors (Lipinski definition) is 3. The van der Waals surface area contributed by atoms with Crippen molar-refractivity contribution < 1.29 is 18.0 Å². The molecule has 0 unspecified atom stereocenters. The number of aromatic amines is 1. The molecule has 0 atom stereocenters. The van der Waals surface area contributed by atoms with E-state index in [1.54, 1.807) is 0 Å². The van der Waals surface area contributed by atoms with E-state index in [1.807, 2.05) is 0 Å². The molecule has 3 rings (SSSR count). The Labute approximate surface area is 142 Å². The van der Waals surface area contributed by atoms with E-state index in [2.05, 4.69) is 15.5 Å². The normalized spacial score (nSPS) is 15.7. The molecule has 0 radical (unpaired) electrons. The van der Waals surface area contributed by atoms with Crippen LogP contribution < -0.4 is 11.1 Å². The van der Waals surface area contributed by atoms with Crippen LogP contribution >= 0.6 is 11.6 Å². The number of nitrogens with two attached hydrogens (primary N) is 1. The quantitative estimate of drug-likeness (QED) is 0.726. The number of amides is 2. The Bertz CT molecular complexity index is 917. The van der Waals surface area contributed by atoms with Crippen molar-refractivity contribution >= 4 is 39.1 Å². The lowest BCUT2D eigenvalue weighted by molar-refractivity contribution is -0.116. The van der Waals surface area contributed by atoms with Gasteiger partial charge in [0.25, 0.3) is 5.91 Å². The molecule has 24 heavy (non-hydrogen) atoms. The number of benzene rings is 1. The van der Waals surface area contributed by atoms with Gasteiger partial charge in [-0.1, -0.05) is 11.6 Å². The maximum Gasteiger partial charge on any atom is 0.266 e. The molecule has 0 saturated heterocycles. The standard InChI is InChI=1S/C14H13ClN4O4S/c15-8-1-3-9(4-2-8)24(22,23)14(5-6-14)13(21)17-11-7-10(12(16)20)18-19-11/h1-4,7H,5-6H2,(H2,16,20)(H2,17,18,19,21). The van der Waals surface area contributed by atoms with Crippen LogP contribution in [0.2, 0.25) is 5.02 Å². The van der Waals surface area contributed by atoms with Crippen LogP contribution in [-0.4, -0.2) is 35.2 Å². The van der Waals surface area contributed by atoms with Gasteiger partial charge in [0.2, 0.25) is 5.91 Å².